The average Bonchev–Trinajstić information content (AvgIpc) is 3.17. The topological polar surface area (TPSA) is 120 Å². The summed E-state index contributed by atoms with van der Waals surface area (Å²) < 4.78 is 15.2. The van der Waals surface area contributed by atoms with E-state index in [4.69, 9.17) is 25.6 Å². The maximum absolute atomic E-state index is 12.5. The molecular formula is C21H18ClN3O6. The molecule has 0 saturated heterocycles. The molecule has 31 heavy (non-hydrogen) atoms. The Bertz CT molecular complexity index is 1110. The van der Waals surface area contributed by atoms with E-state index in [1.807, 2.05) is 6.07 Å². The third-order valence-electron chi connectivity index (χ3n) is 4.17. The fraction of sp³-hybridized carbons (Fsp3) is 0.143. The van der Waals surface area contributed by atoms with Gasteiger partial charge in [-0.15, -0.1) is 0 Å². The Morgan fingerprint density at radius 1 is 1.10 bits per heavy atom. The van der Waals surface area contributed by atoms with E-state index in [9.17, 15) is 14.4 Å². The van der Waals surface area contributed by atoms with Gasteiger partial charge in [-0.2, -0.15) is 0 Å². The van der Waals surface area contributed by atoms with Crippen molar-refractivity contribution < 1.29 is 28.4 Å². The number of ether oxygens (including phenoxy) is 2. The zero-order chi connectivity index (χ0) is 22.4. The summed E-state index contributed by atoms with van der Waals surface area (Å²) in [4.78, 5) is 36.8. The maximum atomic E-state index is 12.5. The van der Waals surface area contributed by atoms with Crippen LogP contribution >= 0.6 is 11.6 Å². The first-order valence-electron chi connectivity index (χ1n) is 9.02. The maximum Gasteiger partial charge on any atom is 0.344 e. The van der Waals surface area contributed by atoms with Gasteiger partial charge in [-0.3, -0.25) is 20.4 Å². The number of methoxy groups -OCH3 is 1. The molecule has 160 valence electrons. The van der Waals surface area contributed by atoms with Crippen molar-refractivity contribution in [2.45, 2.75) is 6.92 Å². The van der Waals surface area contributed by atoms with Crippen LogP contribution in [-0.2, 0) is 9.53 Å². The summed E-state index contributed by atoms with van der Waals surface area (Å²) in [6.45, 7) is 0.930. The number of carbonyl (C=O) groups excluding carboxylic acids is 3. The zero-order valence-corrected chi connectivity index (χ0v) is 17.4. The number of benzene rings is 2. The fourth-order valence-corrected chi connectivity index (χ4v) is 2.87. The van der Waals surface area contributed by atoms with Crippen LogP contribution < -0.4 is 15.6 Å². The first-order valence-corrected chi connectivity index (χ1v) is 9.40. The van der Waals surface area contributed by atoms with E-state index >= 15 is 0 Å². The summed E-state index contributed by atoms with van der Waals surface area (Å²) in [7, 11) is 1.40. The minimum atomic E-state index is -0.782. The molecule has 3 rings (SSSR count). The predicted molar refractivity (Wildman–Crippen MR) is 111 cm³/mol. The van der Waals surface area contributed by atoms with Gasteiger partial charge in [0.15, 0.2) is 6.61 Å². The van der Waals surface area contributed by atoms with Gasteiger partial charge in [0.25, 0.3) is 11.8 Å². The van der Waals surface area contributed by atoms with Gasteiger partial charge in [0.05, 0.1) is 12.7 Å². The molecule has 0 fully saturated rings. The van der Waals surface area contributed by atoms with Gasteiger partial charge in [0.2, 0.25) is 0 Å². The van der Waals surface area contributed by atoms with Gasteiger partial charge >= 0.3 is 5.97 Å². The van der Waals surface area contributed by atoms with Crippen LogP contribution in [0.3, 0.4) is 0 Å². The van der Waals surface area contributed by atoms with Crippen LogP contribution in [-0.4, -0.2) is 36.7 Å². The Balaban J connectivity index is 1.59. The van der Waals surface area contributed by atoms with Crippen molar-refractivity contribution >= 4 is 29.4 Å². The number of aromatic nitrogens is 1. The fourth-order valence-electron chi connectivity index (χ4n) is 2.70. The van der Waals surface area contributed by atoms with E-state index in [-0.39, 0.29) is 22.6 Å². The zero-order valence-electron chi connectivity index (χ0n) is 16.6. The first-order chi connectivity index (χ1) is 14.9. The van der Waals surface area contributed by atoms with Crippen molar-refractivity contribution in [3.05, 3.63) is 70.4 Å². The van der Waals surface area contributed by atoms with Crippen molar-refractivity contribution in [1.29, 1.82) is 0 Å². The molecule has 0 saturated carbocycles. The average molecular weight is 444 g/mol. The quantitative estimate of drug-likeness (QED) is 0.444. The standard InChI is InChI=1S/C21H18ClN3O6/c1-12-18(19(25-31-12)13-6-4-3-5-7-13)21(28)30-11-17(26)23-24-20(27)15-10-14(22)8-9-16(15)29-2/h3-10H,11H2,1-2H3,(H,23,26)(H,24,27). The molecular weight excluding hydrogens is 426 g/mol. The van der Waals surface area contributed by atoms with Gasteiger partial charge in [-0.1, -0.05) is 47.1 Å². The monoisotopic (exact) mass is 443 g/mol. The van der Waals surface area contributed by atoms with Gasteiger partial charge < -0.3 is 14.0 Å². The number of carbonyl (C=O) groups is 3. The van der Waals surface area contributed by atoms with Gasteiger partial charge in [0, 0.05) is 10.6 Å². The summed E-state index contributed by atoms with van der Waals surface area (Å²) >= 11 is 5.89. The molecule has 0 aliphatic carbocycles. The molecule has 0 radical (unpaired) electrons. The molecule has 0 bridgehead atoms. The number of esters is 1. The molecule has 0 aliphatic rings. The first kappa shape index (κ1) is 21.8. The molecule has 0 unspecified atom stereocenters. The number of hydrazine groups is 1. The lowest BCUT2D eigenvalue weighted by atomic mass is 10.1. The Kier molecular flexibility index (Phi) is 6.88. The summed E-state index contributed by atoms with van der Waals surface area (Å²) in [5.41, 5.74) is 5.59. The molecule has 9 nitrogen and oxygen atoms in total. The molecule has 2 amide bonds. The number of hydrogen-bond acceptors (Lipinski definition) is 7. The van der Waals surface area contributed by atoms with Crippen molar-refractivity contribution in [2.75, 3.05) is 13.7 Å². The highest BCUT2D eigenvalue weighted by molar-refractivity contribution is 6.31. The van der Waals surface area contributed by atoms with Gasteiger partial charge in [-0.25, -0.2) is 4.79 Å². The second kappa shape index (κ2) is 9.77. The second-order valence-corrected chi connectivity index (χ2v) is 6.69. The molecule has 3 aromatic rings. The van der Waals surface area contributed by atoms with Crippen LogP contribution in [0.15, 0.2) is 53.1 Å². The Hall–Kier alpha value is -3.85. The summed E-state index contributed by atoms with van der Waals surface area (Å²) in [5.74, 6) is -1.65. The van der Waals surface area contributed by atoms with Crippen LogP contribution in [0.2, 0.25) is 5.02 Å². The Morgan fingerprint density at radius 2 is 1.84 bits per heavy atom. The molecule has 1 aromatic heterocycles. The summed E-state index contributed by atoms with van der Waals surface area (Å²) in [5, 5.41) is 4.22. The minimum absolute atomic E-state index is 0.117. The number of rotatable bonds is 6. The van der Waals surface area contributed by atoms with Crippen LogP contribution in [0.1, 0.15) is 26.5 Å². The summed E-state index contributed by atoms with van der Waals surface area (Å²) in [6, 6.07) is 13.4. The number of aryl methyl sites for hydroxylation is 1. The number of hydrogen-bond donors (Lipinski definition) is 2. The van der Waals surface area contributed by atoms with Gasteiger partial charge in [0.1, 0.15) is 22.8 Å². The lowest BCUT2D eigenvalue weighted by molar-refractivity contribution is -0.125. The SMILES string of the molecule is COc1ccc(Cl)cc1C(=O)NNC(=O)COC(=O)c1c(-c2ccccc2)noc1C. The molecule has 2 N–H and O–H groups in total. The lowest BCUT2D eigenvalue weighted by Crippen LogP contribution is -2.43. The number of nitrogens with one attached hydrogen (secondary N) is 2. The van der Waals surface area contributed by atoms with Crippen molar-refractivity contribution in [2.24, 2.45) is 0 Å². The van der Waals surface area contributed by atoms with Crippen molar-refractivity contribution in [3.8, 4) is 17.0 Å². The second-order valence-electron chi connectivity index (χ2n) is 6.25. The van der Waals surface area contributed by atoms with E-state index in [0.717, 1.165) is 0 Å². The van der Waals surface area contributed by atoms with Crippen LogP contribution in [0, 0.1) is 6.92 Å². The van der Waals surface area contributed by atoms with E-state index in [1.165, 1.54) is 19.2 Å². The van der Waals surface area contributed by atoms with E-state index < -0.39 is 24.4 Å². The molecule has 1 heterocycles. The molecule has 0 atom stereocenters. The van der Waals surface area contributed by atoms with Crippen LogP contribution in [0.4, 0.5) is 0 Å². The molecule has 10 heteroatoms. The third-order valence-corrected chi connectivity index (χ3v) is 4.41. The van der Waals surface area contributed by atoms with E-state index in [1.54, 1.807) is 37.3 Å². The third kappa shape index (κ3) is 5.20. The minimum Gasteiger partial charge on any atom is -0.496 e. The highest BCUT2D eigenvalue weighted by Crippen LogP contribution is 2.25. The highest BCUT2D eigenvalue weighted by Gasteiger charge is 2.23. The van der Waals surface area contributed by atoms with E-state index in [0.29, 0.717) is 16.3 Å². The van der Waals surface area contributed by atoms with Crippen LogP contribution in [0.25, 0.3) is 11.3 Å². The Labute approximate surface area is 182 Å². The normalized spacial score (nSPS) is 10.3. The number of amides is 2. The Morgan fingerprint density at radius 3 is 2.55 bits per heavy atom. The smallest absolute Gasteiger partial charge is 0.344 e. The number of halogens is 1. The van der Waals surface area contributed by atoms with Crippen molar-refractivity contribution in [1.82, 2.24) is 16.0 Å². The van der Waals surface area contributed by atoms with Crippen LogP contribution in [0.5, 0.6) is 5.75 Å². The summed E-state index contributed by atoms with van der Waals surface area (Å²) in [6.07, 6.45) is 0. The highest BCUT2D eigenvalue weighted by atomic mass is 35.5. The van der Waals surface area contributed by atoms with Gasteiger partial charge in [-0.05, 0) is 25.1 Å². The molecule has 2 aromatic carbocycles. The molecule has 0 aliphatic heterocycles. The largest absolute Gasteiger partial charge is 0.496 e. The lowest BCUT2D eigenvalue weighted by Gasteiger charge is -2.11. The number of nitrogens with zero attached hydrogens (tertiary/aromatic N) is 1. The van der Waals surface area contributed by atoms with Crippen molar-refractivity contribution in [3.63, 3.8) is 0 Å². The molecule has 0 spiro atoms. The predicted octanol–water partition coefficient (Wildman–Crippen LogP) is 2.93. The van der Waals surface area contributed by atoms with E-state index in [2.05, 4.69) is 16.0 Å².